The first-order chi connectivity index (χ1) is 8.03. The van der Waals surface area contributed by atoms with Crippen LogP contribution >= 0.6 is 7.60 Å². The first-order valence-electron chi connectivity index (χ1n) is 5.07. The molecule has 0 bridgehead atoms. The molecule has 2 aliphatic rings. The fraction of sp³-hybridized carbons (Fsp3) is 0.556. The Labute approximate surface area is 97.8 Å². The maximum atomic E-state index is 11.9. The molecular weight excluding hydrogens is 249 g/mol. The molecule has 94 valence electrons. The molecule has 0 unspecified atom stereocenters. The third-order valence-electron chi connectivity index (χ3n) is 2.41. The van der Waals surface area contributed by atoms with Gasteiger partial charge in [-0.3, -0.25) is 9.36 Å². The van der Waals surface area contributed by atoms with Crippen molar-refractivity contribution in [1.82, 2.24) is 4.90 Å². The molecule has 2 rings (SSSR count). The van der Waals surface area contributed by atoms with Crippen molar-refractivity contribution in [2.45, 2.75) is 6.42 Å². The number of rotatable bonds is 3. The molecule has 0 aromatic rings. The molecule has 2 amide bonds. The van der Waals surface area contributed by atoms with E-state index in [4.69, 9.17) is 9.05 Å². The number of hydrogen-bond donors (Lipinski definition) is 0. The molecule has 2 aliphatic heterocycles. The minimum absolute atomic E-state index is 0.0692. The molecule has 17 heavy (non-hydrogen) atoms. The molecule has 0 aromatic carbocycles. The van der Waals surface area contributed by atoms with Crippen molar-refractivity contribution in [2.75, 3.05) is 26.4 Å². The molecular formula is C9H12NO6P. The lowest BCUT2D eigenvalue weighted by Crippen LogP contribution is -2.31. The number of amides is 2. The zero-order chi connectivity index (χ0) is 12.5. The van der Waals surface area contributed by atoms with Crippen LogP contribution in [0.2, 0.25) is 0 Å². The Kier molecular flexibility index (Phi) is 3.33. The highest BCUT2D eigenvalue weighted by molar-refractivity contribution is 7.58. The van der Waals surface area contributed by atoms with E-state index in [1.165, 1.54) is 0 Å². The summed E-state index contributed by atoms with van der Waals surface area (Å²) in [5, 5.41) is 0.0692. The van der Waals surface area contributed by atoms with Gasteiger partial charge in [-0.1, -0.05) is 6.58 Å². The van der Waals surface area contributed by atoms with Gasteiger partial charge in [0, 0.05) is 5.31 Å². The predicted octanol–water partition coefficient (Wildman–Crippen LogP) is 1.11. The van der Waals surface area contributed by atoms with E-state index in [0.717, 1.165) is 4.90 Å². The van der Waals surface area contributed by atoms with Crippen molar-refractivity contribution < 1.29 is 27.9 Å². The quantitative estimate of drug-likeness (QED) is 0.708. The van der Waals surface area contributed by atoms with E-state index >= 15 is 0 Å². The molecule has 0 N–H and O–H groups in total. The van der Waals surface area contributed by atoms with E-state index in [1.807, 2.05) is 0 Å². The van der Waals surface area contributed by atoms with Crippen molar-refractivity contribution in [3.05, 3.63) is 11.9 Å². The lowest BCUT2D eigenvalue weighted by molar-refractivity contribution is -0.126. The number of carbonyl (C=O) groups is 2. The molecule has 0 radical (unpaired) electrons. The minimum Gasteiger partial charge on any atom is -0.447 e. The first kappa shape index (κ1) is 12.3. The van der Waals surface area contributed by atoms with Gasteiger partial charge >= 0.3 is 13.7 Å². The Balaban J connectivity index is 1.97. The SMILES string of the molecule is C=C(CC(=O)N1CCOC1=O)P1(=O)OCCO1. The molecule has 0 saturated carbocycles. The Hall–Kier alpha value is -1.17. The number of carbonyl (C=O) groups excluding carboxylic acids is 2. The van der Waals surface area contributed by atoms with Crippen LogP contribution < -0.4 is 0 Å². The van der Waals surface area contributed by atoms with Gasteiger partial charge in [-0.25, -0.2) is 9.69 Å². The standard InChI is InChI=1S/C9H12NO6P/c1-7(17(13)15-4-5-16-17)6-8(11)10-2-3-14-9(10)12/h1-6H2. The Bertz CT molecular complexity index is 410. The van der Waals surface area contributed by atoms with E-state index in [2.05, 4.69) is 11.3 Å². The van der Waals surface area contributed by atoms with E-state index in [0.29, 0.717) is 0 Å². The highest BCUT2D eigenvalue weighted by Gasteiger charge is 2.37. The average Bonchev–Trinajstić information content (AvgIpc) is 2.88. The maximum Gasteiger partial charge on any atom is 0.416 e. The van der Waals surface area contributed by atoms with Crippen LogP contribution in [0.15, 0.2) is 11.9 Å². The number of ether oxygens (including phenoxy) is 1. The lowest BCUT2D eigenvalue weighted by Gasteiger charge is -2.14. The molecule has 0 aromatic heterocycles. The second-order valence-electron chi connectivity index (χ2n) is 3.57. The topological polar surface area (TPSA) is 82.1 Å². The van der Waals surface area contributed by atoms with E-state index in [-0.39, 0.29) is 38.1 Å². The van der Waals surface area contributed by atoms with Crippen LogP contribution in [0.3, 0.4) is 0 Å². The zero-order valence-electron chi connectivity index (χ0n) is 9.09. The molecule has 2 heterocycles. The summed E-state index contributed by atoms with van der Waals surface area (Å²) in [6, 6.07) is 0. The van der Waals surface area contributed by atoms with Crippen LogP contribution in [0.25, 0.3) is 0 Å². The van der Waals surface area contributed by atoms with Crippen LogP contribution in [0.1, 0.15) is 6.42 Å². The van der Waals surface area contributed by atoms with E-state index in [9.17, 15) is 14.2 Å². The van der Waals surface area contributed by atoms with Gasteiger partial charge in [-0.15, -0.1) is 0 Å². The molecule has 2 fully saturated rings. The normalized spacial score (nSPS) is 22.6. The van der Waals surface area contributed by atoms with Gasteiger partial charge in [0.15, 0.2) is 0 Å². The van der Waals surface area contributed by atoms with Gasteiger partial charge in [0.1, 0.15) is 6.61 Å². The zero-order valence-corrected chi connectivity index (χ0v) is 9.98. The van der Waals surface area contributed by atoms with E-state index < -0.39 is 19.6 Å². The van der Waals surface area contributed by atoms with Gasteiger partial charge in [-0.2, -0.15) is 0 Å². The Morgan fingerprint density at radius 2 is 2.00 bits per heavy atom. The van der Waals surface area contributed by atoms with Crippen molar-refractivity contribution >= 4 is 19.6 Å². The predicted molar refractivity (Wildman–Crippen MR) is 56.3 cm³/mol. The fourth-order valence-corrected chi connectivity index (χ4v) is 2.92. The van der Waals surface area contributed by atoms with Crippen molar-refractivity contribution in [1.29, 1.82) is 0 Å². The molecule has 0 atom stereocenters. The maximum absolute atomic E-state index is 11.9. The van der Waals surface area contributed by atoms with Crippen LogP contribution in [0.5, 0.6) is 0 Å². The first-order valence-corrected chi connectivity index (χ1v) is 6.62. The smallest absolute Gasteiger partial charge is 0.416 e. The third kappa shape index (κ3) is 2.41. The third-order valence-corrected chi connectivity index (χ3v) is 4.39. The van der Waals surface area contributed by atoms with Crippen molar-refractivity contribution in [2.24, 2.45) is 0 Å². The second-order valence-corrected chi connectivity index (χ2v) is 5.71. The molecule has 2 saturated heterocycles. The van der Waals surface area contributed by atoms with Gasteiger partial charge in [0.2, 0.25) is 5.91 Å². The summed E-state index contributed by atoms with van der Waals surface area (Å²) in [5.74, 6) is -0.508. The van der Waals surface area contributed by atoms with Crippen molar-refractivity contribution in [3.63, 3.8) is 0 Å². The number of nitrogens with zero attached hydrogens (tertiary/aromatic N) is 1. The van der Waals surface area contributed by atoms with Crippen LogP contribution in [0, 0.1) is 0 Å². The largest absolute Gasteiger partial charge is 0.447 e. The monoisotopic (exact) mass is 261 g/mol. The number of cyclic esters (lactones) is 1. The Morgan fingerprint density at radius 1 is 1.35 bits per heavy atom. The van der Waals surface area contributed by atoms with Gasteiger partial charge < -0.3 is 13.8 Å². The molecule has 0 aliphatic carbocycles. The molecule has 8 heteroatoms. The summed E-state index contributed by atoms with van der Waals surface area (Å²) < 4.78 is 26.4. The highest BCUT2D eigenvalue weighted by Crippen LogP contribution is 2.59. The fourth-order valence-electron chi connectivity index (χ4n) is 1.52. The van der Waals surface area contributed by atoms with Crippen LogP contribution in [0.4, 0.5) is 4.79 Å². The molecule has 7 nitrogen and oxygen atoms in total. The van der Waals surface area contributed by atoms with Crippen molar-refractivity contribution in [3.8, 4) is 0 Å². The minimum atomic E-state index is -3.37. The second kappa shape index (κ2) is 4.60. The Morgan fingerprint density at radius 3 is 2.53 bits per heavy atom. The summed E-state index contributed by atoms with van der Waals surface area (Å²) in [6.45, 7) is 4.36. The lowest BCUT2D eigenvalue weighted by atomic mass is 10.3. The molecule has 0 spiro atoms. The number of hydrogen-bond acceptors (Lipinski definition) is 6. The summed E-state index contributed by atoms with van der Waals surface area (Å²) in [5.41, 5.74) is 0. The average molecular weight is 261 g/mol. The number of imide groups is 1. The van der Waals surface area contributed by atoms with Crippen LogP contribution in [-0.2, 0) is 23.1 Å². The summed E-state index contributed by atoms with van der Waals surface area (Å²) in [4.78, 5) is 23.8. The summed E-state index contributed by atoms with van der Waals surface area (Å²) >= 11 is 0. The van der Waals surface area contributed by atoms with Crippen LogP contribution in [-0.4, -0.2) is 43.3 Å². The van der Waals surface area contributed by atoms with Gasteiger partial charge in [-0.05, 0) is 0 Å². The van der Waals surface area contributed by atoms with Gasteiger partial charge in [0.25, 0.3) is 0 Å². The summed E-state index contributed by atoms with van der Waals surface area (Å²) in [7, 11) is -3.37. The summed E-state index contributed by atoms with van der Waals surface area (Å²) in [6.07, 6.45) is -0.929. The van der Waals surface area contributed by atoms with E-state index in [1.54, 1.807) is 0 Å². The highest BCUT2D eigenvalue weighted by atomic mass is 31.2. The van der Waals surface area contributed by atoms with Gasteiger partial charge in [0.05, 0.1) is 26.2 Å².